The zero-order valence-electron chi connectivity index (χ0n) is 13.0. The molecule has 0 fully saturated rings. The smallest absolute Gasteiger partial charge is 0.476 e. The molecule has 3 rings (SSSR count). The number of rotatable bonds is 4. The Balaban J connectivity index is 2.18. The Morgan fingerprint density at radius 3 is 2.59 bits per heavy atom. The van der Waals surface area contributed by atoms with E-state index in [2.05, 4.69) is 30.7 Å². The predicted molar refractivity (Wildman–Crippen MR) is 93.1 cm³/mol. The molecule has 0 aliphatic carbocycles. The highest BCUT2D eigenvalue weighted by atomic mass is 79.9. The van der Waals surface area contributed by atoms with Crippen molar-refractivity contribution in [2.75, 3.05) is 0 Å². The van der Waals surface area contributed by atoms with Crippen molar-refractivity contribution in [3.8, 4) is 22.8 Å². The van der Waals surface area contributed by atoms with Crippen LogP contribution in [0.4, 0.5) is 13.2 Å². The zero-order valence-corrected chi connectivity index (χ0v) is 15.4. The van der Waals surface area contributed by atoms with Crippen LogP contribution in [-0.2, 0) is 0 Å². The van der Waals surface area contributed by atoms with Crippen LogP contribution in [-0.4, -0.2) is 32.2 Å². The molecule has 6 nitrogen and oxygen atoms in total. The molecule has 11 heteroatoms. The fourth-order valence-electron chi connectivity index (χ4n) is 2.28. The van der Waals surface area contributed by atoms with Gasteiger partial charge in [0.25, 0.3) is 0 Å². The molecule has 140 valence electrons. The Kier molecular flexibility index (Phi) is 5.11. The van der Waals surface area contributed by atoms with Gasteiger partial charge in [0.2, 0.25) is 0 Å². The van der Waals surface area contributed by atoms with Gasteiger partial charge in [-0.3, -0.25) is 0 Å². The maximum absolute atomic E-state index is 12.5. The summed E-state index contributed by atoms with van der Waals surface area (Å²) in [5.74, 6) is -1.59. The van der Waals surface area contributed by atoms with E-state index in [4.69, 9.17) is 11.6 Å². The van der Waals surface area contributed by atoms with Crippen LogP contribution in [0.1, 0.15) is 10.5 Å². The summed E-state index contributed by atoms with van der Waals surface area (Å²) in [6, 6.07) is 9.57. The SMILES string of the molecule is O=C(O)c1cc(-c2cc(Br)cc(OC(F)(F)F)c2)n(-c2cccc(Cl)n2)n1. The van der Waals surface area contributed by atoms with Gasteiger partial charge < -0.3 is 9.84 Å². The Bertz CT molecular complexity index is 1020. The molecule has 0 radical (unpaired) electrons. The van der Waals surface area contributed by atoms with E-state index in [-0.39, 0.29) is 27.9 Å². The van der Waals surface area contributed by atoms with Gasteiger partial charge in [0.15, 0.2) is 11.5 Å². The molecule has 3 aromatic rings. The van der Waals surface area contributed by atoms with Crippen LogP contribution < -0.4 is 4.74 Å². The summed E-state index contributed by atoms with van der Waals surface area (Å²) >= 11 is 8.98. The number of hydrogen-bond donors (Lipinski definition) is 1. The number of carboxylic acid groups (broad SMARTS) is 1. The Labute approximate surface area is 163 Å². The summed E-state index contributed by atoms with van der Waals surface area (Å²) in [7, 11) is 0. The summed E-state index contributed by atoms with van der Waals surface area (Å²) in [5, 5.41) is 13.3. The molecule has 0 amide bonds. The molecule has 1 aromatic carbocycles. The minimum Gasteiger partial charge on any atom is -0.476 e. The molecule has 0 aliphatic rings. The van der Waals surface area contributed by atoms with E-state index in [0.29, 0.717) is 4.47 Å². The fourth-order valence-corrected chi connectivity index (χ4v) is 2.92. The van der Waals surface area contributed by atoms with E-state index in [0.717, 1.165) is 12.1 Å². The highest BCUT2D eigenvalue weighted by Gasteiger charge is 2.31. The number of nitrogens with zero attached hydrogens (tertiary/aromatic N) is 3. The summed E-state index contributed by atoms with van der Waals surface area (Å²) in [5.41, 5.74) is 0.103. The summed E-state index contributed by atoms with van der Waals surface area (Å²) < 4.78 is 43.1. The van der Waals surface area contributed by atoms with Crippen molar-refractivity contribution in [1.29, 1.82) is 0 Å². The van der Waals surface area contributed by atoms with E-state index in [9.17, 15) is 23.1 Å². The number of alkyl halides is 3. The van der Waals surface area contributed by atoms with Gasteiger partial charge in [-0.1, -0.05) is 33.6 Å². The van der Waals surface area contributed by atoms with Gasteiger partial charge in [-0.2, -0.15) is 5.10 Å². The molecule has 0 saturated heterocycles. The lowest BCUT2D eigenvalue weighted by Crippen LogP contribution is -2.17. The minimum absolute atomic E-state index is 0.140. The molecule has 2 heterocycles. The van der Waals surface area contributed by atoms with Crippen LogP contribution in [0.15, 0.2) is 46.9 Å². The first-order valence-corrected chi connectivity index (χ1v) is 8.32. The number of aromatic carboxylic acids is 1. The highest BCUT2D eigenvalue weighted by Crippen LogP contribution is 2.33. The summed E-state index contributed by atoms with van der Waals surface area (Å²) in [6.45, 7) is 0. The van der Waals surface area contributed by atoms with Gasteiger partial charge >= 0.3 is 12.3 Å². The molecule has 27 heavy (non-hydrogen) atoms. The molecule has 0 spiro atoms. The lowest BCUT2D eigenvalue weighted by Gasteiger charge is -2.12. The summed E-state index contributed by atoms with van der Waals surface area (Å²) in [6.07, 6.45) is -4.88. The zero-order chi connectivity index (χ0) is 19.8. The van der Waals surface area contributed by atoms with Gasteiger partial charge in [0, 0.05) is 10.0 Å². The normalized spacial score (nSPS) is 11.4. The van der Waals surface area contributed by atoms with E-state index in [1.807, 2.05) is 0 Å². The lowest BCUT2D eigenvalue weighted by molar-refractivity contribution is -0.274. The largest absolute Gasteiger partial charge is 0.573 e. The number of hydrogen-bond acceptors (Lipinski definition) is 4. The van der Waals surface area contributed by atoms with Crippen molar-refractivity contribution in [2.24, 2.45) is 0 Å². The van der Waals surface area contributed by atoms with Crippen LogP contribution in [0.25, 0.3) is 17.1 Å². The van der Waals surface area contributed by atoms with E-state index < -0.39 is 18.1 Å². The van der Waals surface area contributed by atoms with Gasteiger partial charge in [-0.15, -0.1) is 13.2 Å². The van der Waals surface area contributed by atoms with Gasteiger partial charge in [-0.25, -0.2) is 14.5 Å². The summed E-state index contributed by atoms with van der Waals surface area (Å²) in [4.78, 5) is 15.4. The Hall–Kier alpha value is -2.59. The average Bonchev–Trinajstić information content (AvgIpc) is 2.98. The maximum Gasteiger partial charge on any atom is 0.573 e. The number of carbonyl (C=O) groups is 1. The third-order valence-electron chi connectivity index (χ3n) is 3.25. The number of pyridine rings is 1. The monoisotopic (exact) mass is 461 g/mol. The quantitative estimate of drug-likeness (QED) is 0.555. The molecule has 0 atom stereocenters. The predicted octanol–water partition coefficient (Wildman–Crippen LogP) is 4.95. The van der Waals surface area contributed by atoms with Crippen molar-refractivity contribution in [2.45, 2.75) is 6.36 Å². The number of carboxylic acids is 1. The molecular formula is C16H8BrClF3N3O3. The second kappa shape index (κ2) is 7.20. The molecule has 2 aromatic heterocycles. The van der Waals surface area contributed by atoms with Gasteiger partial charge in [-0.05, 0) is 36.4 Å². The number of halogens is 5. The van der Waals surface area contributed by atoms with E-state index in [1.165, 1.54) is 28.9 Å². The van der Waals surface area contributed by atoms with E-state index >= 15 is 0 Å². The first-order chi connectivity index (χ1) is 12.6. The molecule has 0 saturated carbocycles. The van der Waals surface area contributed by atoms with Crippen LogP contribution in [0.3, 0.4) is 0 Å². The Morgan fingerprint density at radius 2 is 1.96 bits per heavy atom. The van der Waals surface area contributed by atoms with E-state index in [1.54, 1.807) is 6.07 Å². The fraction of sp³-hybridized carbons (Fsp3) is 0.0625. The third-order valence-corrected chi connectivity index (χ3v) is 3.91. The second-order valence-electron chi connectivity index (χ2n) is 5.17. The van der Waals surface area contributed by atoms with Crippen LogP contribution >= 0.6 is 27.5 Å². The average molecular weight is 463 g/mol. The molecule has 0 unspecified atom stereocenters. The minimum atomic E-state index is -4.88. The van der Waals surface area contributed by atoms with Crippen LogP contribution in [0, 0.1) is 0 Å². The van der Waals surface area contributed by atoms with Gasteiger partial charge in [0.05, 0.1) is 5.69 Å². The molecule has 0 aliphatic heterocycles. The first-order valence-electron chi connectivity index (χ1n) is 7.15. The number of aromatic nitrogens is 3. The topological polar surface area (TPSA) is 77.2 Å². The van der Waals surface area contributed by atoms with Crippen LogP contribution in [0.5, 0.6) is 5.75 Å². The Morgan fingerprint density at radius 1 is 1.22 bits per heavy atom. The first kappa shape index (κ1) is 19.2. The van der Waals surface area contributed by atoms with Crippen LogP contribution in [0.2, 0.25) is 5.15 Å². The maximum atomic E-state index is 12.5. The molecule has 1 N–H and O–H groups in total. The van der Waals surface area contributed by atoms with Crippen molar-refractivity contribution in [1.82, 2.24) is 14.8 Å². The standard InChI is InChI=1S/C16H8BrClF3N3O3/c17-9-4-8(5-10(6-9)27-16(19,20)21)12-7-11(15(25)26)23-24(12)14-3-1-2-13(18)22-14/h1-7H,(H,25,26). The second-order valence-corrected chi connectivity index (χ2v) is 6.48. The number of benzene rings is 1. The number of ether oxygens (including phenoxy) is 1. The molecule has 0 bridgehead atoms. The van der Waals surface area contributed by atoms with Gasteiger partial charge in [0.1, 0.15) is 10.9 Å². The third kappa shape index (κ3) is 4.58. The lowest BCUT2D eigenvalue weighted by atomic mass is 10.1. The van der Waals surface area contributed by atoms with Crippen molar-refractivity contribution >= 4 is 33.5 Å². The molecular weight excluding hydrogens is 455 g/mol. The van der Waals surface area contributed by atoms with Crippen molar-refractivity contribution in [3.05, 3.63) is 57.8 Å². The highest BCUT2D eigenvalue weighted by molar-refractivity contribution is 9.10. The van der Waals surface area contributed by atoms with Crippen molar-refractivity contribution < 1.29 is 27.8 Å². The van der Waals surface area contributed by atoms with Crippen molar-refractivity contribution in [3.63, 3.8) is 0 Å².